The molecule has 0 aliphatic heterocycles. The Morgan fingerprint density at radius 1 is 1.00 bits per heavy atom. The summed E-state index contributed by atoms with van der Waals surface area (Å²) in [6.45, 7) is 2.51. The number of carbonyl (C=O) groups excluding carboxylic acids is 1. The first-order valence-electron chi connectivity index (χ1n) is 8.66. The third-order valence-electron chi connectivity index (χ3n) is 3.91. The molecule has 0 fully saturated rings. The fraction of sp³-hybridized carbons (Fsp3) is 0.350. The number of hydrogen-bond donors (Lipinski definition) is 2. The molecular weight excluding hydrogens is 322 g/mol. The van der Waals surface area contributed by atoms with Crippen LogP contribution in [0, 0.1) is 11.6 Å². The highest BCUT2D eigenvalue weighted by molar-refractivity contribution is 5.90. The van der Waals surface area contributed by atoms with Crippen molar-refractivity contribution in [3.8, 4) is 0 Å². The van der Waals surface area contributed by atoms with Crippen molar-refractivity contribution in [3.63, 3.8) is 0 Å². The van der Waals surface area contributed by atoms with Crippen LogP contribution in [0.3, 0.4) is 0 Å². The molecule has 25 heavy (non-hydrogen) atoms. The van der Waals surface area contributed by atoms with Gasteiger partial charge in [-0.1, -0.05) is 38.3 Å². The number of anilines is 2. The molecule has 0 unspecified atom stereocenters. The minimum atomic E-state index is -0.439. The second kappa shape index (κ2) is 9.77. The van der Waals surface area contributed by atoms with Gasteiger partial charge in [0.05, 0.1) is 5.69 Å². The second-order valence-electron chi connectivity index (χ2n) is 6.03. The average molecular weight is 346 g/mol. The highest BCUT2D eigenvalue weighted by Gasteiger charge is 2.07. The molecule has 0 aromatic heterocycles. The largest absolute Gasteiger partial charge is 0.379 e. The van der Waals surface area contributed by atoms with Gasteiger partial charge in [0, 0.05) is 18.7 Å². The number of halogens is 2. The van der Waals surface area contributed by atoms with Crippen molar-refractivity contribution in [3.05, 3.63) is 59.7 Å². The number of carbonyl (C=O) groups is 1. The van der Waals surface area contributed by atoms with Crippen molar-refractivity contribution in [2.75, 3.05) is 10.6 Å². The van der Waals surface area contributed by atoms with E-state index >= 15 is 0 Å². The fourth-order valence-corrected chi connectivity index (χ4v) is 2.47. The molecule has 0 aliphatic carbocycles. The van der Waals surface area contributed by atoms with E-state index in [1.54, 1.807) is 24.3 Å². The van der Waals surface area contributed by atoms with Gasteiger partial charge in [-0.15, -0.1) is 0 Å². The standard InChI is InChI=1S/C20H24F2N2O/c1-2-3-4-5-6-20(25)24-17-11-12-19(18(22)13-17)23-14-15-7-9-16(21)10-8-15/h7-13,23H,2-6,14H2,1H3,(H,24,25). The van der Waals surface area contributed by atoms with Gasteiger partial charge in [-0.2, -0.15) is 0 Å². The molecule has 0 spiro atoms. The lowest BCUT2D eigenvalue weighted by Gasteiger charge is -2.10. The van der Waals surface area contributed by atoms with Crippen LogP contribution >= 0.6 is 0 Å². The minimum absolute atomic E-state index is 0.0949. The van der Waals surface area contributed by atoms with Crippen molar-refractivity contribution in [1.29, 1.82) is 0 Å². The van der Waals surface area contributed by atoms with Crippen molar-refractivity contribution in [2.45, 2.75) is 45.6 Å². The summed E-state index contributed by atoms with van der Waals surface area (Å²) in [5, 5.41) is 5.69. The molecule has 2 rings (SSSR count). The molecule has 134 valence electrons. The molecule has 0 aliphatic rings. The van der Waals surface area contributed by atoms with Crippen molar-refractivity contribution >= 4 is 17.3 Å². The summed E-state index contributed by atoms with van der Waals surface area (Å²) in [6, 6.07) is 10.6. The van der Waals surface area contributed by atoms with Crippen LogP contribution in [0.25, 0.3) is 0 Å². The number of hydrogen-bond acceptors (Lipinski definition) is 2. The second-order valence-corrected chi connectivity index (χ2v) is 6.03. The predicted molar refractivity (Wildman–Crippen MR) is 97.5 cm³/mol. The molecule has 2 aromatic rings. The van der Waals surface area contributed by atoms with Crippen LogP contribution in [0.15, 0.2) is 42.5 Å². The van der Waals surface area contributed by atoms with Crippen LogP contribution in [-0.2, 0) is 11.3 Å². The lowest BCUT2D eigenvalue weighted by Crippen LogP contribution is -2.11. The van der Waals surface area contributed by atoms with Crippen LogP contribution in [-0.4, -0.2) is 5.91 Å². The van der Waals surface area contributed by atoms with E-state index in [1.807, 2.05) is 0 Å². The maximum atomic E-state index is 14.1. The highest BCUT2D eigenvalue weighted by Crippen LogP contribution is 2.20. The lowest BCUT2D eigenvalue weighted by molar-refractivity contribution is -0.116. The summed E-state index contributed by atoms with van der Waals surface area (Å²) < 4.78 is 27.0. The van der Waals surface area contributed by atoms with Gasteiger partial charge >= 0.3 is 0 Å². The first-order valence-corrected chi connectivity index (χ1v) is 8.66. The molecule has 2 N–H and O–H groups in total. The first-order chi connectivity index (χ1) is 12.1. The summed E-state index contributed by atoms with van der Waals surface area (Å²) in [5.74, 6) is -0.835. The summed E-state index contributed by atoms with van der Waals surface area (Å²) in [6.07, 6.45) is 4.58. The molecule has 0 bridgehead atoms. The monoisotopic (exact) mass is 346 g/mol. The maximum absolute atomic E-state index is 14.1. The third-order valence-corrected chi connectivity index (χ3v) is 3.91. The van der Waals surface area contributed by atoms with Gasteiger partial charge in [0.25, 0.3) is 0 Å². The Morgan fingerprint density at radius 3 is 2.44 bits per heavy atom. The number of benzene rings is 2. The zero-order valence-electron chi connectivity index (χ0n) is 14.4. The number of rotatable bonds is 9. The normalized spacial score (nSPS) is 10.5. The molecule has 3 nitrogen and oxygen atoms in total. The molecule has 0 radical (unpaired) electrons. The third kappa shape index (κ3) is 6.53. The van der Waals surface area contributed by atoms with Crippen molar-refractivity contribution < 1.29 is 13.6 Å². The lowest BCUT2D eigenvalue weighted by atomic mass is 10.1. The Balaban J connectivity index is 1.85. The molecule has 5 heteroatoms. The maximum Gasteiger partial charge on any atom is 0.224 e. The van der Waals surface area contributed by atoms with Gasteiger partial charge in [0.15, 0.2) is 0 Å². The number of amides is 1. The Morgan fingerprint density at radius 2 is 1.76 bits per heavy atom. The number of unbranched alkanes of at least 4 members (excludes halogenated alkanes) is 3. The Kier molecular flexibility index (Phi) is 7.38. The van der Waals surface area contributed by atoms with E-state index in [9.17, 15) is 13.6 Å². The Bertz CT molecular complexity index is 687. The van der Waals surface area contributed by atoms with E-state index in [4.69, 9.17) is 0 Å². The van der Waals surface area contributed by atoms with Gasteiger partial charge < -0.3 is 10.6 Å². The predicted octanol–water partition coefficient (Wildman–Crippen LogP) is 5.49. The van der Waals surface area contributed by atoms with Crippen LogP contribution in [0.1, 0.15) is 44.6 Å². The zero-order valence-corrected chi connectivity index (χ0v) is 14.4. The van der Waals surface area contributed by atoms with Crippen molar-refractivity contribution in [2.24, 2.45) is 0 Å². The van der Waals surface area contributed by atoms with E-state index in [-0.39, 0.29) is 11.7 Å². The summed E-state index contributed by atoms with van der Waals surface area (Å²) in [4.78, 5) is 11.8. The van der Waals surface area contributed by atoms with Gasteiger partial charge in [-0.3, -0.25) is 4.79 Å². The van der Waals surface area contributed by atoms with Crippen LogP contribution in [0.2, 0.25) is 0 Å². The SMILES string of the molecule is CCCCCCC(=O)Nc1ccc(NCc2ccc(F)cc2)c(F)c1. The topological polar surface area (TPSA) is 41.1 Å². The van der Waals surface area contributed by atoms with Crippen LogP contribution in [0.5, 0.6) is 0 Å². The number of nitrogens with one attached hydrogen (secondary N) is 2. The van der Waals surface area contributed by atoms with Gasteiger partial charge in [-0.25, -0.2) is 8.78 Å². The zero-order chi connectivity index (χ0) is 18.1. The van der Waals surface area contributed by atoms with E-state index in [2.05, 4.69) is 17.6 Å². The summed E-state index contributed by atoms with van der Waals surface area (Å²) in [7, 11) is 0. The molecule has 0 atom stereocenters. The summed E-state index contributed by atoms with van der Waals surface area (Å²) >= 11 is 0. The first kappa shape index (κ1) is 18.9. The highest BCUT2D eigenvalue weighted by atomic mass is 19.1. The van der Waals surface area contributed by atoms with Gasteiger partial charge in [0.1, 0.15) is 11.6 Å². The Hall–Kier alpha value is -2.43. The molecule has 1 amide bonds. The van der Waals surface area contributed by atoms with E-state index in [0.717, 1.165) is 31.2 Å². The summed E-state index contributed by atoms with van der Waals surface area (Å²) in [5.41, 5.74) is 1.64. The van der Waals surface area contributed by atoms with E-state index < -0.39 is 5.82 Å². The molecule has 2 aromatic carbocycles. The van der Waals surface area contributed by atoms with E-state index in [1.165, 1.54) is 18.2 Å². The van der Waals surface area contributed by atoms with Crippen LogP contribution in [0.4, 0.5) is 20.2 Å². The fourth-order valence-electron chi connectivity index (χ4n) is 2.47. The Labute approximate surface area is 147 Å². The van der Waals surface area contributed by atoms with Gasteiger partial charge in [-0.05, 0) is 42.3 Å². The van der Waals surface area contributed by atoms with Crippen LogP contribution < -0.4 is 10.6 Å². The minimum Gasteiger partial charge on any atom is -0.379 e. The van der Waals surface area contributed by atoms with Gasteiger partial charge in [0.2, 0.25) is 5.91 Å². The molecular formula is C20H24F2N2O. The smallest absolute Gasteiger partial charge is 0.224 e. The van der Waals surface area contributed by atoms with Crippen molar-refractivity contribution in [1.82, 2.24) is 0 Å². The quantitative estimate of drug-likeness (QED) is 0.590. The molecule has 0 saturated heterocycles. The molecule has 0 heterocycles. The van der Waals surface area contributed by atoms with E-state index in [0.29, 0.717) is 24.3 Å². The average Bonchev–Trinajstić information content (AvgIpc) is 2.59. The molecule has 0 saturated carbocycles.